The Balaban J connectivity index is 1.77. The number of carbonyl (C=O) groups is 1. The maximum absolute atomic E-state index is 11.6. The van der Waals surface area contributed by atoms with Crippen molar-refractivity contribution in [2.24, 2.45) is 11.8 Å². The van der Waals surface area contributed by atoms with E-state index in [-0.39, 0.29) is 5.91 Å². The van der Waals surface area contributed by atoms with Crippen molar-refractivity contribution in [1.82, 2.24) is 20.1 Å². The number of piperidine rings is 2. The predicted octanol–water partition coefficient (Wildman–Crippen LogP) is 1.19. The lowest BCUT2D eigenvalue weighted by atomic mass is 9.85. The molecule has 1 N–H and O–H groups in total. The van der Waals surface area contributed by atoms with E-state index in [1.54, 1.807) is 7.11 Å². The molecular formula is C16H27N5O2. The van der Waals surface area contributed by atoms with Gasteiger partial charge in [-0.1, -0.05) is 13.8 Å². The number of rotatable bonds is 5. The second kappa shape index (κ2) is 6.86. The third kappa shape index (κ3) is 3.49. The lowest BCUT2D eigenvalue weighted by Gasteiger charge is -2.41. The standard InChI is InChI=1S/C16H27N5O2/c1-11(2)8-21-14(10-23-3)18-19-16(21)20-7-6-13-12(9-20)4-5-15(22)17-13/h11-13H,4-10H2,1-3H3,(H,17,22). The van der Waals surface area contributed by atoms with Gasteiger partial charge >= 0.3 is 0 Å². The first-order valence-corrected chi connectivity index (χ1v) is 8.53. The Hall–Kier alpha value is -1.63. The quantitative estimate of drug-likeness (QED) is 0.882. The fraction of sp³-hybridized carbons (Fsp3) is 0.812. The topological polar surface area (TPSA) is 72.3 Å². The van der Waals surface area contributed by atoms with Gasteiger partial charge in [-0.25, -0.2) is 0 Å². The molecule has 1 aromatic rings. The molecule has 0 aliphatic carbocycles. The van der Waals surface area contributed by atoms with Crippen LogP contribution < -0.4 is 10.2 Å². The van der Waals surface area contributed by atoms with Gasteiger partial charge < -0.3 is 15.0 Å². The Morgan fingerprint density at radius 1 is 1.35 bits per heavy atom. The summed E-state index contributed by atoms with van der Waals surface area (Å²) >= 11 is 0. The van der Waals surface area contributed by atoms with Crippen molar-refractivity contribution in [3.8, 4) is 0 Å². The molecule has 7 heteroatoms. The van der Waals surface area contributed by atoms with Crippen LogP contribution in [0.5, 0.6) is 0 Å². The van der Waals surface area contributed by atoms with Gasteiger partial charge in [0.2, 0.25) is 11.9 Å². The van der Waals surface area contributed by atoms with Crippen molar-refractivity contribution in [3.05, 3.63) is 5.82 Å². The van der Waals surface area contributed by atoms with Crippen molar-refractivity contribution in [2.75, 3.05) is 25.1 Å². The fourth-order valence-corrected chi connectivity index (χ4v) is 3.64. The molecule has 1 amide bonds. The van der Waals surface area contributed by atoms with Gasteiger partial charge in [0.15, 0.2) is 5.82 Å². The normalized spacial score (nSPS) is 24.7. The highest BCUT2D eigenvalue weighted by molar-refractivity contribution is 5.77. The maximum Gasteiger partial charge on any atom is 0.227 e. The van der Waals surface area contributed by atoms with E-state index in [0.717, 1.165) is 44.2 Å². The number of fused-ring (bicyclic) bond motifs is 1. The number of carbonyl (C=O) groups excluding carboxylic acids is 1. The summed E-state index contributed by atoms with van der Waals surface area (Å²) in [5, 5.41) is 11.9. The van der Waals surface area contributed by atoms with Crippen LogP contribution in [0.25, 0.3) is 0 Å². The van der Waals surface area contributed by atoms with Gasteiger partial charge in [0.1, 0.15) is 6.61 Å². The maximum atomic E-state index is 11.6. The zero-order valence-corrected chi connectivity index (χ0v) is 14.3. The summed E-state index contributed by atoms with van der Waals surface area (Å²) in [4.78, 5) is 13.9. The third-order valence-corrected chi connectivity index (χ3v) is 4.73. The van der Waals surface area contributed by atoms with Crippen molar-refractivity contribution >= 4 is 11.9 Å². The number of nitrogens with zero attached hydrogens (tertiary/aromatic N) is 4. The van der Waals surface area contributed by atoms with Gasteiger partial charge in [-0.15, -0.1) is 10.2 Å². The molecule has 0 aromatic carbocycles. The highest BCUT2D eigenvalue weighted by Gasteiger charge is 2.35. The summed E-state index contributed by atoms with van der Waals surface area (Å²) in [5.41, 5.74) is 0. The van der Waals surface area contributed by atoms with Crippen LogP contribution in [0, 0.1) is 11.8 Å². The number of hydrogen-bond donors (Lipinski definition) is 1. The van der Waals surface area contributed by atoms with Gasteiger partial charge in [-0.05, 0) is 24.7 Å². The molecule has 0 radical (unpaired) electrons. The second-order valence-corrected chi connectivity index (χ2v) is 7.06. The van der Waals surface area contributed by atoms with E-state index in [2.05, 4.69) is 38.8 Å². The second-order valence-electron chi connectivity index (χ2n) is 7.06. The molecule has 1 aromatic heterocycles. The number of ether oxygens (including phenoxy) is 1. The molecule has 2 fully saturated rings. The molecule has 2 saturated heterocycles. The first-order valence-electron chi connectivity index (χ1n) is 8.53. The zero-order chi connectivity index (χ0) is 16.4. The number of nitrogens with one attached hydrogen (secondary N) is 1. The van der Waals surface area contributed by atoms with Crippen LogP contribution in [-0.4, -0.2) is 46.9 Å². The smallest absolute Gasteiger partial charge is 0.227 e. The summed E-state index contributed by atoms with van der Waals surface area (Å²) in [6.45, 7) is 7.61. The van der Waals surface area contributed by atoms with Crippen LogP contribution in [0.15, 0.2) is 0 Å². The van der Waals surface area contributed by atoms with E-state index in [4.69, 9.17) is 4.74 Å². The number of methoxy groups -OCH3 is 1. The Kier molecular flexibility index (Phi) is 4.84. The van der Waals surface area contributed by atoms with Gasteiger partial charge in [-0.2, -0.15) is 0 Å². The predicted molar refractivity (Wildman–Crippen MR) is 87.1 cm³/mol. The molecule has 3 heterocycles. The Morgan fingerprint density at radius 3 is 2.91 bits per heavy atom. The SMILES string of the molecule is COCc1nnc(N2CCC3NC(=O)CCC3C2)n1CC(C)C. The molecule has 2 aliphatic rings. The molecule has 0 spiro atoms. The van der Waals surface area contributed by atoms with Crippen LogP contribution >= 0.6 is 0 Å². The monoisotopic (exact) mass is 321 g/mol. The lowest BCUT2D eigenvalue weighted by Crippen LogP contribution is -2.54. The van der Waals surface area contributed by atoms with Crippen LogP contribution in [0.4, 0.5) is 5.95 Å². The Morgan fingerprint density at radius 2 is 2.17 bits per heavy atom. The summed E-state index contributed by atoms with van der Waals surface area (Å²) in [6.07, 6.45) is 2.59. The van der Waals surface area contributed by atoms with Gasteiger partial charge in [-0.3, -0.25) is 9.36 Å². The molecule has 2 aliphatic heterocycles. The lowest BCUT2D eigenvalue weighted by molar-refractivity contribution is -0.124. The number of anilines is 1. The summed E-state index contributed by atoms with van der Waals surface area (Å²) in [6, 6.07) is 0.326. The molecule has 2 atom stereocenters. The van der Waals surface area contributed by atoms with Gasteiger partial charge in [0, 0.05) is 39.2 Å². The average molecular weight is 321 g/mol. The van der Waals surface area contributed by atoms with Gasteiger partial charge in [0.05, 0.1) is 0 Å². The van der Waals surface area contributed by atoms with Gasteiger partial charge in [0.25, 0.3) is 0 Å². The highest BCUT2D eigenvalue weighted by Crippen LogP contribution is 2.28. The van der Waals surface area contributed by atoms with Crippen molar-refractivity contribution in [1.29, 1.82) is 0 Å². The number of hydrogen-bond acceptors (Lipinski definition) is 5. The Bertz CT molecular complexity index is 557. The third-order valence-electron chi connectivity index (χ3n) is 4.73. The van der Waals surface area contributed by atoms with Crippen LogP contribution in [0.1, 0.15) is 38.9 Å². The average Bonchev–Trinajstić information content (AvgIpc) is 2.89. The molecular weight excluding hydrogens is 294 g/mol. The largest absolute Gasteiger partial charge is 0.377 e. The van der Waals surface area contributed by atoms with Crippen molar-refractivity contribution in [2.45, 2.75) is 52.3 Å². The minimum Gasteiger partial charge on any atom is -0.377 e. The van der Waals surface area contributed by atoms with Crippen LogP contribution in [0.2, 0.25) is 0 Å². The van der Waals surface area contributed by atoms with E-state index < -0.39 is 0 Å². The molecule has 128 valence electrons. The van der Waals surface area contributed by atoms with Crippen molar-refractivity contribution in [3.63, 3.8) is 0 Å². The molecule has 3 rings (SSSR count). The minimum absolute atomic E-state index is 0.199. The zero-order valence-electron chi connectivity index (χ0n) is 14.3. The van der Waals surface area contributed by atoms with E-state index in [9.17, 15) is 4.79 Å². The number of aromatic nitrogens is 3. The number of amides is 1. The van der Waals surface area contributed by atoms with E-state index in [1.807, 2.05) is 0 Å². The molecule has 0 saturated carbocycles. The minimum atomic E-state index is 0.199. The van der Waals surface area contributed by atoms with Crippen LogP contribution in [-0.2, 0) is 22.7 Å². The first-order chi connectivity index (χ1) is 11.1. The van der Waals surface area contributed by atoms with Crippen molar-refractivity contribution < 1.29 is 9.53 Å². The highest BCUT2D eigenvalue weighted by atomic mass is 16.5. The fourth-order valence-electron chi connectivity index (χ4n) is 3.64. The Labute approximate surface area is 137 Å². The molecule has 2 unspecified atom stereocenters. The summed E-state index contributed by atoms with van der Waals surface area (Å²) in [5.74, 6) is 3.06. The molecule has 23 heavy (non-hydrogen) atoms. The first kappa shape index (κ1) is 16.2. The van der Waals surface area contributed by atoms with E-state index >= 15 is 0 Å². The molecule has 7 nitrogen and oxygen atoms in total. The molecule has 0 bridgehead atoms. The summed E-state index contributed by atoms with van der Waals surface area (Å²) < 4.78 is 7.45. The summed E-state index contributed by atoms with van der Waals surface area (Å²) in [7, 11) is 1.68. The van der Waals surface area contributed by atoms with E-state index in [0.29, 0.717) is 30.9 Å². The van der Waals surface area contributed by atoms with E-state index in [1.165, 1.54) is 0 Å². The van der Waals surface area contributed by atoms with Crippen LogP contribution in [0.3, 0.4) is 0 Å².